The van der Waals surface area contributed by atoms with Crippen LogP contribution in [0, 0.1) is 0 Å². The van der Waals surface area contributed by atoms with E-state index in [2.05, 4.69) is 49.9 Å². The molecular formula is C15H18. The zero-order chi connectivity index (χ0) is 11.1. The van der Waals surface area contributed by atoms with Crippen LogP contribution in [0.4, 0.5) is 0 Å². The van der Waals surface area contributed by atoms with E-state index < -0.39 is 0 Å². The molecule has 15 heavy (non-hydrogen) atoms. The fourth-order valence-corrected chi connectivity index (χ4v) is 1.65. The third-order valence-corrected chi connectivity index (χ3v) is 2.38. The number of hydrogen-bond donors (Lipinski definition) is 0. The van der Waals surface area contributed by atoms with Crippen molar-refractivity contribution in [1.29, 1.82) is 0 Å². The van der Waals surface area contributed by atoms with Crippen molar-refractivity contribution in [2.75, 3.05) is 0 Å². The molecule has 0 bridgehead atoms. The highest BCUT2D eigenvalue weighted by atomic mass is 14.1. The summed E-state index contributed by atoms with van der Waals surface area (Å²) in [5.41, 5.74) is 3.80. The minimum atomic E-state index is 1.03. The van der Waals surface area contributed by atoms with Gasteiger partial charge < -0.3 is 0 Å². The van der Waals surface area contributed by atoms with E-state index in [0.29, 0.717) is 0 Å². The molecule has 1 aromatic rings. The molecule has 0 aliphatic rings. The molecule has 0 N–H and O–H groups in total. The van der Waals surface area contributed by atoms with Crippen molar-refractivity contribution in [2.24, 2.45) is 0 Å². The standard InChI is InChI=1S/C15H18/c1-4-10-13(5-2)15(6-3)14-11-8-7-9-12-14/h4,6-12H,3,5H2,1-2H3/b10-4-,15-13+. The summed E-state index contributed by atoms with van der Waals surface area (Å²) >= 11 is 0. The van der Waals surface area contributed by atoms with Gasteiger partial charge in [-0.1, -0.05) is 62.1 Å². The molecule has 0 atom stereocenters. The molecule has 0 fully saturated rings. The fourth-order valence-electron chi connectivity index (χ4n) is 1.65. The lowest BCUT2D eigenvalue weighted by atomic mass is 9.98. The zero-order valence-electron chi connectivity index (χ0n) is 9.53. The van der Waals surface area contributed by atoms with E-state index in [1.54, 1.807) is 0 Å². The summed E-state index contributed by atoms with van der Waals surface area (Å²) < 4.78 is 0. The lowest BCUT2D eigenvalue weighted by Crippen LogP contribution is -1.86. The molecule has 0 amide bonds. The molecule has 0 unspecified atom stereocenters. The Balaban J connectivity index is 3.22. The van der Waals surface area contributed by atoms with Gasteiger partial charge in [0.1, 0.15) is 0 Å². The first-order valence-electron chi connectivity index (χ1n) is 5.37. The Kier molecular flexibility index (Phi) is 4.62. The number of benzene rings is 1. The minimum Gasteiger partial charge on any atom is -0.0984 e. The number of hydrogen-bond acceptors (Lipinski definition) is 0. The molecule has 0 aliphatic carbocycles. The normalized spacial score (nSPS) is 12.7. The first-order chi connectivity index (χ1) is 7.33. The minimum absolute atomic E-state index is 1.03. The van der Waals surface area contributed by atoms with Gasteiger partial charge in [-0.05, 0) is 30.1 Å². The summed E-state index contributed by atoms with van der Waals surface area (Å²) in [5, 5.41) is 0. The van der Waals surface area contributed by atoms with E-state index >= 15 is 0 Å². The predicted octanol–water partition coefficient (Wildman–Crippen LogP) is 4.61. The molecule has 0 saturated heterocycles. The van der Waals surface area contributed by atoms with Crippen molar-refractivity contribution in [1.82, 2.24) is 0 Å². The van der Waals surface area contributed by atoms with Crippen molar-refractivity contribution in [3.8, 4) is 0 Å². The smallest absolute Gasteiger partial charge is 0.0158 e. The maximum atomic E-state index is 3.90. The van der Waals surface area contributed by atoms with E-state index in [4.69, 9.17) is 0 Å². The Morgan fingerprint density at radius 2 is 1.93 bits per heavy atom. The average Bonchev–Trinajstić information content (AvgIpc) is 2.30. The van der Waals surface area contributed by atoms with Gasteiger partial charge in [-0.2, -0.15) is 0 Å². The average molecular weight is 198 g/mol. The van der Waals surface area contributed by atoms with Crippen LogP contribution in [-0.4, -0.2) is 0 Å². The van der Waals surface area contributed by atoms with Gasteiger partial charge in [-0.25, -0.2) is 0 Å². The fraction of sp³-hybridized carbons (Fsp3) is 0.200. The number of rotatable bonds is 4. The molecule has 1 aromatic carbocycles. The molecule has 0 radical (unpaired) electrons. The summed E-state index contributed by atoms with van der Waals surface area (Å²) in [6.07, 6.45) is 7.20. The van der Waals surface area contributed by atoms with Gasteiger partial charge >= 0.3 is 0 Å². The molecular weight excluding hydrogens is 180 g/mol. The Bertz CT molecular complexity index is 366. The Hall–Kier alpha value is -1.56. The second-order valence-corrected chi connectivity index (χ2v) is 3.36. The quantitative estimate of drug-likeness (QED) is 0.620. The molecule has 0 aromatic heterocycles. The van der Waals surface area contributed by atoms with Gasteiger partial charge in [0.15, 0.2) is 0 Å². The topological polar surface area (TPSA) is 0 Å². The van der Waals surface area contributed by atoms with Crippen LogP contribution < -0.4 is 0 Å². The van der Waals surface area contributed by atoms with Crippen LogP contribution in [0.3, 0.4) is 0 Å². The third kappa shape index (κ3) is 2.95. The van der Waals surface area contributed by atoms with Gasteiger partial charge in [0.05, 0.1) is 0 Å². The van der Waals surface area contributed by atoms with Crippen LogP contribution in [0.15, 0.2) is 60.7 Å². The Labute approximate surface area is 92.6 Å². The lowest BCUT2D eigenvalue weighted by Gasteiger charge is -2.07. The molecule has 0 heterocycles. The van der Waals surface area contributed by atoms with Crippen molar-refractivity contribution in [3.05, 3.63) is 66.3 Å². The second kappa shape index (κ2) is 6.02. The highest BCUT2D eigenvalue weighted by Gasteiger charge is 2.01. The summed E-state index contributed by atoms with van der Waals surface area (Å²) in [6.45, 7) is 8.11. The molecule has 0 aliphatic heterocycles. The van der Waals surface area contributed by atoms with Crippen LogP contribution in [0.5, 0.6) is 0 Å². The SMILES string of the molecule is C=C/C(=C(\C=C/C)CC)c1ccccc1. The predicted molar refractivity (Wildman–Crippen MR) is 68.7 cm³/mol. The molecule has 0 heteroatoms. The Morgan fingerprint density at radius 1 is 1.27 bits per heavy atom. The summed E-state index contributed by atoms with van der Waals surface area (Å²) in [4.78, 5) is 0. The van der Waals surface area contributed by atoms with E-state index in [9.17, 15) is 0 Å². The monoisotopic (exact) mass is 198 g/mol. The van der Waals surface area contributed by atoms with Crippen LogP contribution >= 0.6 is 0 Å². The summed E-state index contributed by atoms with van der Waals surface area (Å²) in [6, 6.07) is 10.4. The van der Waals surface area contributed by atoms with Crippen LogP contribution in [-0.2, 0) is 0 Å². The third-order valence-electron chi connectivity index (χ3n) is 2.38. The van der Waals surface area contributed by atoms with Crippen molar-refractivity contribution in [2.45, 2.75) is 20.3 Å². The first kappa shape index (κ1) is 11.5. The van der Waals surface area contributed by atoms with Crippen molar-refractivity contribution in [3.63, 3.8) is 0 Å². The van der Waals surface area contributed by atoms with E-state index in [1.165, 1.54) is 16.7 Å². The van der Waals surface area contributed by atoms with Crippen LogP contribution in [0.2, 0.25) is 0 Å². The molecule has 0 nitrogen and oxygen atoms in total. The second-order valence-electron chi connectivity index (χ2n) is 3.36. The van der Waals surface area contributed by atoms with E-state index in [0.717, 1.165) is 6.42 Å². The largest absolute Gasteiger partial charge is 0.0984 e. The first-order valence-corrected chi connectivity index (χ1v) is 5.37. The van der Waals surface area contributed by atoms with Gasteiger partial charge in [0.25, 0.3) is 0 Å². The van der Waals surface area contributed by atoms with Crippen LogP contribution in [0.1, 0.15) is 25.8 Å². The molecule has 78 valence electrons. The zero-order valence-corrected chi connectivity index (χ0v) is 9.53. The van der Waals surface area contributed by atoms with E-state index in [-0.39, 0.29) is 0 Å². The highest BCUT2D eigenvalue weighted by Crippen LogP contribution is 2.22. The molecule has 0 spiro atoms. The Morgan fingerprint density at radius 3 is 2.40 bits per heavy atom. The van der Waals surface area contributed by atoms with Crippen LogP contribution in [0.25, 0.3) is 5.57 Å². The lowest BCUT2D eigenvalue weighted by molar-refractivity contribution is 1.15. The number of allylic oxidation sites excluding steroid dienone is 5. The highest BCUT2D eigenvalue weighted by molar-refractivity contribution is 5.77. The maximum Gasteiger partial charge on any atom is -0.0158 e. The van der Waals surface area contributed by atoms with Gasteiger partial charge in [-0.15, -0.1) is 0 Å². The van der Waals surface area contributed by atoms with Gasteiger partial charge in [-0.3, -0.25) is 0 Å². The summed E-state index contributed by atoms with van der Waals surface area (Å²) in [7, 11) is 0. The van der Waals surface area contributed by atoms with Gasteiger partial charge in [0, 0.05) is 0 Å². The van der Waals surface area contributed by atoms with Crippen molar-refractivity contribution < 1.29 is 0 Å². The maximum absolute atomic E-state index is 3.90. The van der Waals surface area contributed by atoms with E-state index in [1.807, 2.05) is 19.1 Å². The molecule has 1 rings (SSSR count). The molecule has 0 saturated carbocycles. The summed E-state index contributed by atoms with van der Waals surface area (Å²) in [5.74, 6) is 0. The van der Waals surface area contributed by atoms with Crippen molar-refractivity contribution >= 4 is 5.57 Å². The van der Waals surface area contributed by atoms with Gasteiger partial charge in [0.2, 0.25) is 0 Å².